The lowest BCUT2D eigenvalue weighted by molar-refractivity contribution is -0.136. The molecule has 144 valence electrons. The Morgan fingerprint density at radius 1 is 1.31 bits per heavy atom. The van der Waals surface area contributed by atoms with Crippen molar-refractivity contribution < 1.29 is 14.6 Å². The molecule has 1 aromatic carbocycles. The summed E-state index contributed by atoms with van der Waals surface area (Å²) in [5.41, 5.74) is 2.36. The molecule has 26 heavy (non-hydrogen) atoms. The molecular weight excluding hydrogens is 326 g/mol. The maximum Gasteiger partial charge on any atom is 0.304 e. The molecule has 0 bridgehead atoms. The van der Waals surface area contributed by atoms with Gasteiger partial charge in [0, 0.05) is 13.1 Å². The molecule has 0 spiro atoms. The average molecular weight is 360 g/mol. The van der Waals surface area contributed by atoms with Crippen LogP contribution < -0.4 is 10.1 Å². The predicted molar refractivity (Wildman–Crippen MR) is 107 cm³/mol. The Morgan fingerprint density at radius 2 is 2.12 bits per heavy atom. The number of carboxylic acids is 1. The van der Waals surface area contributed by atoms with Crippen LogP contribution in [0.2, 0.25) is 0 Å². The highest BCUT2D eigenvalue weighted by Gasteiger charge is 2.12. The molecule has 1 saturated carbocycles. The lowest BCUT2D eigenvalue weighted by atomic mass is 9.86. The van der Waals surface area contributed by atoms with Crippen LogP contribution >= 0.6 is 0 Å². The molecule has 2 rings (SSSR count). The minimum absolute atomic E-state index is 0.152. The second-order valence-corrected chi connectivity index (χ2v) is 7.26. The number of rotatable bonds is 11. The molecule has 0 atom stereocenters. The third kappa shape index (κ3) is 8.05. The van der Waals surface area contributed by atoms with Gasteiger partial charge in [-0.15, -0.1) is 0 Å². The van der Waals surface area contributed by atoms with Crippen molar-refractivity contribution in [1.29, 1.82) is 0 Å². The van der Waals surface area contributed by atoms with E-state index >= 15 is 0 Å². The van der Waals surface area contributed by atoms with Crippen molar-refractivity contribution in [1.82, 2.24) is 5.32 Å². The zero-order valence-corrected chi connectivity index (χ0v) is 16.0. The Hall–Kier alpha value is -1.81. The van der Waals surface area contributed by atoms with Crippen molar-refractivity contribution in [2.45, 2.75) is 58.3 Å². The first-order valence-electron chi connectivity index (χ1n) is 9.97. The Labute approximate surface area is 157 Å². The fraction of sp³-hybridized carbons (Fsp3) is 0.591. The number of nitrogens with one attached hydrogen (secondary N) is 1. The molecule has 2 N–H and O–H groups in total. The second kappa shape index (κ2) is 11.7. The summed E-state index contributed by atoms with van der Waals surface area (Å²) in [4.78, 5) is 10.4. The molecule has 4 heteroatoms. The molecule has 1 aliphatic rings. The molecule has 0 amide bonds. The van der Waals surface area contributed by atoms with Gasteiger partial charge >= 0.3 is 5.97 Å². The van der Waals surface area contributed by atoms with Crippen LogP contribution in [0.5, 0.6) is 5.75 Å². The van der Waals surface area contributed by atoms with Crippen LogP contribution in [0.15, 0.2) is 24.3 Å². The van der Waals surface area contributed by atoms with E-state index in [2.05, 4.69) is 30.4 Å². The largest absolute Gasteiger partial charge is 0.494 e. The number of hydrogen-bond acceptors (Lipinski definition) is 3. The highest BCUT2D eigenvalue weighted by Crippen LogP contribution is 2.27. The average Bonchev–Trinajstić information content (AvgIpc) is 2.63. The van der Waals surface area contributed by atoms with E-state index in [1.807, 2.05) is 12.1 Å². The summed E-state index contributed by atoms with van der Waals surface area (Å²) in [5, 5.41) is 11.7. The summed E-state index contributed by atoms with van der Waals surface area (Å²) in [6, 6.07) is 6.21. The molecular formula is C22H33NO3. The third-order valence-electron chi connectivity index (χ3n) is 5.07. The smallest absolute Gasteiger partial charge is 0.304 e. The van der Waals surface area contributed by atoms with E-state index in [1.165, 1.54) is 49.7 Å². The summed E-state index contributed by atoms with van der Waals surface area (Å²) < 4.78 is 5.92. The quantitative estimate of drug-likeness (QED) is 0.557. The van der Waals surface area contributed by atoms with Gasteiger partial charge < -0.3 is 15.2 Å². The van der Waals surface area contributed by atoms with Gasteiger partial charge in [-0.05, 0) is 48.9 Å². The van der Waals surface area contributed by atoms with Crippen LogP contribution in [0.3, 0.4) is 0 Å². The zero-order valence-electron chi connectivity index (χ0n) is 16.0. The van der Waals surface area contributed by atoms with Crippen molar-refractivity contribution in [2.24, 2.45) is 5.92 Å². The van der Waals surface area contributed by atoms with E-state index in [9.17, 15) is 4.79 Å². The standard InChI is InChI=1S/C22H33NO3/c1-18-17-21(26-16-6-9-19-7-3-2-4-8-19)12-11-20(18)10-5-14-23-15-13-22(24)25/h5,10-12,17,19,23H,2-4,6-9,13-16H2,1H3,(H,24,25). The predicted octanol–water partition coefficient (Wildman–Crippen LogP) is 4.81. The summed E-state index contributed by atoms with van der Waals surface area (Å²) >= 11 is 0. The maximum absolute atomic E-state index is 10.4. The number of carbonyl (C=O) groups is 1. The van der Waals surface area contributed by atoms with Crippen LogP contribution in [0.25, 0.3) is 6.08 Å². The van der Waals surface area contributed by atoms with Gasteiger partial charge in [0.1, 0.15) is 5.75 Å². The Bertz CT molecular complexity index is 577. The van der Waals surface area contributed by atoms with E-state index in [0.717, 1.165) is 24.7 Å². The normalized spacial score (nSPS) is 15.4. The minimum atomic E-state index is -0.772. The van der Waals surface area contributed by atoms with Gasteiger partial charge in [-0.3, -0.25) is 4.79 Å². The van der Waals surface area contributed by atoms with Crippen LogP contribution in [-0.4, -0.2) is 30.8 Å². The Balaban J connectivity index is 1.66. The Morgan fingerprint density at radius 3 is 2.85 bits per heavy atom. The summed E-state index contributed by atoms with van der Waals surface area (Å²) in [6.07, 6.45) is 13.7. The molecule has 0 unspecified atom stereocenters. The second-order valence-electron chi connectivity index (χ2n) is 7.26. The monoisotopic (exact) mass is 359 g/mol. The van der Waals surface area contributed by atoms with Gasteiger partial charge in [0.15, 0.2) is 0 Å². The van der Waals surface area contributed by atoms with Crippen LogP contribution in [-0.2, 0) is 4.79 Å². The van der Waals surface area contributed by atoms with Gasteiger partial charge in [0.25, 0.3) is 0 Å². The van der Waals surface area contributed by atoms with Gasteiger partial charge in [-0.25, -0.2) is 0 Å². The third-order valence-corrected chi connectivity index (χ3v) is 5.07. The molecule has 1 aliphatic carbocycles. The van der Waals surface area contributed by atoms with E-state index in [-0.39, 0.29) is 6.42 Å². The summed E-state index contributed by atoms with van der Waals surface area (Å²) in [6.45, 7) is 4.06. The number of hydrogen-bond donors (Lipinski definition) is 2. The van der Waals surface area contributed by atoms with Crippen LogP contribution in [0.4, 0.5) is 0 Å². The first-order chi connectivity index (χ1) is 12.6. The van der Waals surface area contributed by atoms with E-state index in [0.29, 0.717) is 13.1 Å². The summed E-state index contributed by atoms with van der Waals surface area (Å²) in [7, 11) is 0. The zero-order chi connectivity index (χ0) is 18.6. The maximum atomic E-state index is 10.4. The summed E-state index contributed by atoms with van der Waals surface area (Å²) in [5.74, 6) is 1.10. The van der Waals surface area contributed by atoms with Gasteiger partial charge in [-0.1, -0.05) is 50.3 Å². The minimum Gasteiger partial charge on any atom is -0.494 e. The van der Waals surface area contributed by atoms with Crippen molar-refractivity contribution >= 4 is 12.0 Å². The molecule has 0 radical (unpaired) electrons. The highest BCUT2D eigenvalue weighted by molar-refractivity contribution is 5.66. The molecule has 0 aromatic heterocycles. The number of aliphatic carboxylic acids is 1. The number of carboxylic acid groups (broad SMARTS) is 1. The number of aryl methyl sites for hydroxylation is 1. The number of ether oxygens (including phenoxy) is 1. The van der Waals surface area contributed by atoms with Crippen LogP contribution in [0, 0.1) is 12.8 Å². The molecule has 0 saturated heterocycles. The molecule has 0 aliphatic heterocycles. The molecule has 0 heterocycles. The fourth-order valence-corrected chi connectivity index (χ4v) is 3.53. The van der Waals surface area contributed by atoms with Gasteiger partial charge in [0.05, 0.1) is 13.0 Å². The molecule has 1 fully saturated rings. The SMILES string of the molecule is Cc1cc(OCCCC2CCCCC2)ccc1C=CCNCCC(=O)O. The van der Waals surface area contributed by atoms with Crippen molar-refractivity contribution in [3.63, 3.8) is 0 Å². The highest BCUT2D eigenvalue weighted by atomic mass is 16.5. The van der Waals surface area contributed by atoms with Gasteiger partial charge in [0.2, 0.25) is 0 Å². The Kier molecular flexibility index (Phi) is 9.26. The van der Waals surface area contributed by atoms with Gasteiger partial charge in [-0.2, -0.15) is 0 Å². The van der Waals surface area contributed by atoms with Crippen molar-refractivity contribution in [3.05, 3.63) is 35.4 Å². The number of benzene rings is 1. The van der Waals surface area contributed by atoms with Crippen LogP contribution in [0.1, 0.15) is 62.5 Å². The van der Waals surface area contributed by atoms with E-state index in [1.54, 1.807) is 0 Å². The van der Waals surface area contributed by atoms with E-state index in [4.69, 9.17) is 9.84 Å². The van der Waals surface area contributed by atoms with Crippen molar-refractivity contribution in [2.75, 3.05) is 19.7 Å². The molecule has 1 aromatic rings. The first kappa shape index (κ1) is 20.5. The lowest BCUT2D eigenvalue weighted by Gasteiger charge is -2.21. The van der Waals surface area contributed by atoms with E-state index < -0.39 is 5.97 Å². The first-order valence-corrected chi connectivity index (χ1v) is 9.97. The molecule has 4 nitrogen and oxygen atoms in total. The fourth-order valence-electron chi connectivity index (χ4n) is 3.53. The topological polar surface area (TPSA) is 58.6 Å². The van der Waals surface area contributed by atoms with Crippen molar-refractivity contribution in [3.8, 4) is 5.75 Å². The lowest BCUT2D eigenvalue weighted by Crippen LogP contribution is -2.17.